The number of hydrogen-bond donors (Lipinski definition) is 1. The molecule has 0 aliphatic carbocycles. The minimum absolute atomic E-state index is 0.152. The summed E-state index contributed by atoms with van der Waals surface area (Å²) < 4.78 is 0. The molecule has 0 unspecified atom stereocenters. The van der Waals surface area contributed by atoms with Gasteiger partial charge < -0.3 is 0 Å². The third-order valence-corrected chi connectivity index (χ3v) is 3.78. The Bertz CT molecular complexity index is 464. The maximum atomic E-state index is 12.0. The topological polar surface area (TPSA) is 46.2 Å². The highest BCUT2D eigenvalue weighted by atomic mass is 16.2. The molecule has 0 spiro atoms. The van der Waals surface area contributed by atoms with Gasteiger partial charge in [0.25, 0.3) is 0 Å². The second kappa shape index (κ2) is 3.99. The molecule has 0 saturated carbocycles. The Balaban J connectivity index is 2.50. The molecule has 1 heterocycles. The van der Waals surface area contributed by atoms with Gasteiger partial charge in [-0.2, -0.15) is 0 Å². The molecule has 2 amide bonds. The SMILES string of the molecule is CC[C@@H]1C(=O)NC(=O)[C@@]1(C)c1ccc(C)cc1. The van der Waals surface area contributed by atoms with Crippen molar-refractivity contribution >= 4 is 11.8 Å². The quantitative estimate of drug-likeness (QED) is 0.791. The molecule has 17 heavy (non-hydrogen) atoms. The van der Waals surface area contributed by atoms with Gasteiger partial charge >= 0.3 is 0 Å². The highest BCUT2D eigenvalue weighted by Crippen LogP contribution is 2.38. The highest BCUT2D eigenvalue weighted by Gasteiger charge is 2.51. The van der Waals surface area contributed by atoms with Gasteiger partial charge in [-0.05, 0) is 25.8 Å². The smallest absolute Gasteiger partial charge is 0.237 e. The van der Waals surface area contributed by atoms with Gasteiger partial charge in [-0.15, -0.1) is 0 Å². The minimum Gasteiger partial charge on any atom is -0.295 e. The Kier molecular flexibility index (Phi) is 2.77. The van der Waals surface area contributed by atoms with Crippen LogP contribution in [0.25, 0.3) is 0 Å². The summed E-state index contributed by atoms with van der Waals surface area (Å²) in [6.07, 6.45) is 0.669. The van der Waals surface area contributed by atoms with Gasteiger partial charge in [0.05, 0.1) is 11.3 Å². The van der Waals surface area contributed by atoms with Crippen LogP contribution in [-0.2, 0) is 15.0 Å². The molecule has 3 heteroatoms. The van der Waals surface area contributed by atoms with Crippen molar-refractivity contribution in [1.29, 1.82) is 0 Å². The summed E-state index contributed by atoms with van der Waals surface area (Å²) in [6, 6.07) is 7.83. The van der Waals surface area contributed by atoms with Crippen LogP contribution < -0.4 is 5.32 Å². The molecule has 1 aromatic rings. The van der Waals surface area contributed by atoms with Crippen LogP contribution in [0.15, 0.2) is 24.3 Å². The molecule has 0 radical (unpaired) electrons. The number of carbonyl (C=O) groups is 2. The predicted molar refractivity (Wildman–Crippen MR) is 65.5 cm³/mol. The first-order valence-electron chi connectivity index (χ1n) is 5.92. The molecule has 1 aromatic carbocycles. The molecule has 3 nitrogen and oxygen atoms in total. The fraction of sp³-hybridized carbons (Fsp3) is 0.429. The number of nitrogens with one attached hydrogen (secondary N) is 1. The second-order valence-electron chi connectivity index (χ2n) is 4.85. The maximum Gasteiger partial charge on any atom is 0.237 e. The zero-order chi connectivity index (χ0) is 12.6. The number of rotatable bonds is 2. The molecule has 0 aromatic heterocycles. The van der Waals surface area contributed by atoms with Crippen LogP contribution in [0.1, 0.15) is 31.4 Å². The summed E-state index contributed by atoms with van der Waals surface area (Å²) in [5.41, 5.74) is 1.34. The predicted octanol–water partition coefficient (Wildman–Crippen LogP) is 1.94. The van der Waals surface area contributed by atoms with Crippen molar-refractivity contribution in [3.8, 4) is 0 Å². The first kappa shape index (κ1) is 11.8. The van der Waals surface area contributed by atoms with E-state index >= 15 is 0 Å². The normalized spacial score (nSPS) is 28.3. The van der Waals surface area contributed by atoms with E-state index < -0.39 is 5.41 Å². The van der Waals surface area contributed by atoms with Crippen LogP contribution >= 0.6 is 0 Å². The van der Waals surface area contributed by atoms with Crippen molar-refractivity contribution in [2.45, 2.75) is 32.6 Å². The molecule has 0 bridgehead atoms. The van der Waals surface area contributed by atoms with E-state index in [4.69, 9.17) is 0 Å². The van der Waals surface area contributed by atoms with Crippen molar-refractivity contribution in [1.82, 2.24) is 5.32 Å². The average molecular weight is 231 g/mol. The molecule has 90 valence electrons. The van der Waals surface area contributed by atoms with E-state index in [1.54, 1.807) is 0 Å². The summed E-state index contributed by atoms with van der Waals surface area (Å²) in [4.78, 5) is 23.8. The minimum atomic E-state index is -0.723. The highest BCUT2D eigenvalue weighted by molar-refractivity contribution is 6.10. The number of aryl methyl sites for hydroxylation is 1. The summed E-state index contributed by atoms with van der Waals surface area (Å²) in [7, 11) is 0. The standard InChI is InChI=1S/C14H17NO2/c1-4-11-12(16)15-13(17)14(11,3)10-7-5-9(2)6-8-10/h5-8,11H,4H2,1-3H3,(H,15,16,17)/t11-,14+/m1/s1. The number of amides is 2. The van der Waals surface area contributed by atoms with Crippen LogP contribution in [0.3, 0.4) is 0 Å². The molecular weight excluding hydrogens is 214 g/mol. The van der Waals surface area contributed by atoms with Gasteiger partial charge in [0, 0.05) is 0 Å². The van der Waals surface area contributed by atoms with E-state index in [9.17, 15) is 9.59 Å². The Labute approximate surface area is 101 Å². The third-order valence-electron chi connectivity index (χ3n) is 3.78. The lowest BCUT2D eigenvalue weighted by molar-refractivity contribution is -0.126. The number of benzene rings is 1. The Morgan fingerprint density at radius 2 is 1.82 bits per heavy atom. The zero-order valence-corrected chi connectivity index (χ0v) is 10.4. The van der Waals surface area contributed by atoms with Crippen molar-refractivity contribution in [2.24, 2.45) is 5.92 Å². The molecule has 2 rings (SSSR count). The van der Waals surface area contributed by atoms with Gasteiger partial charge in [-0.3, -0.25) is 14.9 Å². The summed E-state index contributed by atoms with van der Waals surface area (Å²) in [5.74, 6) is -0.600. The second-order valence-corrected chi connectivity index (χ2v) is 4.85. The Morgan fingerprint density at radius 1 is 1.24 bits per heavy atom. The molecule has 1 saturated heterocycles. The third kappa shape index (κ3) is 1.66. The fourth-order valence-electron chi connectivity index (χ4n) is 2.57. The van der Waals surface area contributed by atoms with E-state index in [0.717, 1.165) is 11.1 Å². The first-order valence-corrected chi connectivity index (χ1v) is 5.92. The lowest BCUT2D eigenvalue weighted by atomic mass is 9.72. The van der Waals surface area contributed by atoms with Crippen LogP contribution in [0.4, 0.5) is 0 Å². The number of imide groups is 1. The lowest BCUT2D eigenvalue weighted by Gasteiger charge is -2.26. The first-order chi connectivity index (χ1) is 8.00. The van der Waals surface area contributed by atoms with Crippen LogP contribution in [0.2, 0.25) is 0 Å². The van der Waals surface area contributed by atoms with Gasteiger partial charge in [-0.1, -0.05) is 36.8 Å². The zero-order valence-electron chi connectivity index (χ0n) is 10.4. The summed E-state index contributed by atoms with van der Waals surface area (Å²) in [5, 5.41) is 2.44. The van der Waals surface area contributed by atoms with Gasteiger partial charge in [0.15, 0.2) is 0 Å². The molecular formula is C14H17NO2. The van der Waals surface area contributed by atoms with E-state index in [0.29, 0.717) is 6.42 Å². The van der Waals surface area contributed by atoms with E-state index in [1.807, 2.05) is 45.0 Å². The molecule has 2 atom stereocenters. The molecule has 1 N–H and O–H groups in total. The van der Waals surface area contributed by atoms with Gasteiger partial charge in [0.2, 0.25) is 11.8 Å². The van der Waals surface area contributed by atoms with Gasteiger partial charge in [-0.25, -0.2) is 0 Å². The largest absolute Gasteiger partial charge is 0.295 e. The number of hydrogen-bond acceptors (Lipinski definition) is 2. The van der Waals surface area contributed by atoms with Crippen molar-refractivity contribution in [3.63, 3.8) is 0 Å². The fourth-order valence-corrected chi connectivity index (χ4v) is 2.57. The van der Waals surface area contributed by atoms with Gasteiger partial charge in [0.1, 0.15) is 0 Å². The Morgan fingerprint density at radius 3 is 2.35 bits per heavy atom. The number of carbonyl (C=O) groups excluding carboxylic acids is 2. The summed E-state index contributed by atoms with van der Waals surface area (Å²) in [6.45, 7) is 5.80. The van der Waals surface area contributed by atoms with Crippen LogP contribution in [-0.4, -0.2) is 11.8 Å². The lowest BCUT2D eigenvalue weighted by Crippen LogP contribution is -2.36. The van der Waals surface area contributed by atoms with Crippen molar-refractivity contribution in [2.75, 3.05) is 0 Å². The van der Waals surface area contributed by atoms with E-state index in [2.05, 4.69) is 5.32 Å². The average Bonchev–Trinajstić information content (AvgIpc) is 2.51. The molecule has 1 aliphatic heterocycles. The van der Waals surface area contributed by atoms with Crippen LogP contribution in [0, 0.1) is 12.8 Å². The van der Waals surface area contributed by atoms with Crippen LogP contribution in [0.5, 0.6) is 0 Å². The van der Waals surface area contributed by atoms with Crippen molar-refractivity contribution < 1.29 is 9.59 Å². The molecule has 1 aliphatic rings. The van der Waals surface area contributed by atoms with E-state index in [1.165, 1.54) is 0 Å². The maximum absolute atomic E-state index is 12.0. The summed E-state index contributed by atoms with van der Waals surface area (Å²) >= 11 is 0. The van der Waals surface area contributed by atoms with E-state index in [-0.39, 0.29) is 17.7 Å². The monoisotopic (exact) mass is 231 g/mol. The molecule has 1 fully saturated rings. The Hall–Kier alpha value is -1.64. The van der Waals surface area contributed by atoms with Crippen molar-refractivity contribution in [3.05, 3.63) is 35.4 Å².